The highest BCUT2D eigenvalue weighted by Gasteiger charge is 2.15. The Balaban J connectivity index is 3.16. The summed E-state index contributed by atoms with van der Waals surface area (Å²) < 4.78 is 32.7. The molecule has 0 saturated heterocycles. The second kappa shape index (κ2) is 4.88. The highest BCUT2D eigenvalue weighted by Crippen LogP contribution is 2.29. The molecule has 1 aromatic heterocycles. The van der Waals surface area contributed by atoms with Gasteiger partial charge in [0, 0.05) is 6.07 Å². The van der Waals surface area contributed by atoms with Gasteiger partial charge < -0.3 is 9.47 Å². The fourth-order valence-corrected chi connectivity index (χ4v) is 1.11. The molecule has 0 amide bonds. The van der Waals surface area contributed by atoms with Crippen LogP contribution < -0.4 is 9.47 Å². The lowest BCUT2D eigenvalue weighted by atomic mass is 10.3. The zero-order valence-corrected chi connectivity index (χ0v) is 8.29. The molecule has 0 bridgehead atoms. The smallest absolute Gasteiger partial charge is 0.387 e. The molecule has 0 saturated carbocycles. The van der Waals surface area contributed by atoms with Crippen LogP contribution in [0.5, 0.6) is 11.5 Å². The van der Waals surface area contributed by atoms with Gasteiger partial charge in [-0.3, -0.25) is 4.79 Å². The second-order valence-electron chi connectivity index (χ2n) is 2.36. The molecule has 1 rings (SSSR count). The van der Waals surface area contributed by atoms with Crippen molar-refractivity contribution in [3.63, 3.8) is 0 Å². The molecule has 15 heavy (non-hydrogen) atoms. The number of hydrogen-bond acceptors (Lipinski definition) is 4. The van der Waals surface area contributed by atoms with Crippen LogP contribution >= 0.6 is 11.6 Å². The lowest BCUT2D eigenvalue weighted by Gasteiger charge is -2.09. The SMILES string of the molecule is COc1cc(OC(F)F)c(C=O)nc1Cl. The molecule has 0 aromatic carbocycles. The fourth-order valence-electron chi connectivity index (χ4n) is 0.886. The minimum atomic E-state index is -3.05. The van der Waals surface area contributed by atoms with Gasteiger partial charge in [0.2, 0.25) is 0 Å². The van der Waals surface area contributed by atoms with Crippen LogP contribution in [0.3, 0.4) is 0 Å². The van der Waals surface area contributed by atoms with Crippen molar-refractivity contribution in [3.8, 4) is 11.5 Å². The van der Waals surface area contributed by atoms with Crippen molar-refractivity contribution in [3.05, 3.63) is 16.9 Å². The molecule has 0 N–H and O–H groups in total. The third-order valence-corrected chi connectivity index (χ3v) is 1.75. The molecule has 1 heterocycles. The first kappa shape index (κ1) is 11.6. The summed E-state index contributed by atoms with van der Waals surface area (Å²) in [7, 11) is 1.29. The Labute approximate surface area is 88.8 Å². The summed E-state index contributed by atoms with van der Waals surface area (Å²) in [6.07, 6.45) is 0.267. The summed E-state index contributed by atoms with van der Waals surface area (Å²) in [4.78, 5) is 14.0. The molecule has 0 unspecified atom stereocenters. The van der Waals surface area contributed by atoms with Crippen molar-refractivity contribution in [2.75, 3.05) is 7.11 Å². The number of aldehydes is 1. The number of aromatic nitrogens is 1. The number of nitrogens with zero attached hydrogens (tertiary/aromatic N) is 1. The van der Waals surface area contributed by atoms with Gasteiger partial charge in [0.05, 0.1) is 7.11 Å². The summed E-state index contributed by atoms with van der Waals surface area (Å²) >= 11 is 5.58. The van der Waals surface area contributed by atoms with E-state index in [2.05, 4.69) is 9.72 Å². The number of pyridine rings is 1. The number of halogens is 3. The van der Waals surface area contributed by atoms with E-state index in [0.717, 1.165) is 6.07 Å². The molecule has 0 aliphatic rings. The molecule has 0 aliphatic carbocycles. The third kappa shape index (κ3) is 2.76. The Morgan fingerprint density at radius 2 is 2.20 bits per heavy atom. The predicted octanol–water partition coefficient (Wildman–Crippen LogP) is 2.16. The molecule has 82 valence electrons. The van der Waals surface area contributed by atoms with Crippen molar-refractivity contribution in [1.82, 2.24) is 4.98 Å². The highest BCUT2D eigenvalue weighted by atomic mass is 35.5. The lowest BCUT2D eigenvalue weighted by Crippen LogP contribution is -2.06. The Morgan fingerprint density at radius 1 is 1.53 bits per heavy atom. The van der Waals surface area contributed by atoms with Gasteiger partial charge in [0.25, 0.3) is 0 Å². The first-order chi connectivity index (χ1) is 7.08. The number of carbonyl (C=O) groups excluding carboxylic acids is 1. The van der Waals surface area contributed by atoms with E-state index < -0.39 is 6.61 Å². The van der Waals surface area contributed by atoms with Crippen molar-refractivity contribution in [2.45, 2.75) is 6.61 Å². The number of ether oxygens (including phenoxy) is 2. The van der Waals surface area contributed by atoms with Crippen molar-refractivity contribution in [2.24, 2.45) is 0 Å². The van der Waals surface area contributed by atoms with Crippen LogP contribution in [0.2, 0.25) is 5.15 Å². The topological polar surface area (TPSA) is 48.4 Å². The van der Waals surface area contributed by atoms with E-state index in [1.54, 1.807) is 0 Å². The fraction of sp³-hybridized carbons (Fsp3) is 0.250. The van der Waals surface area contributed by atoms with Crippen molar-refractivity contribution in [1.29, 1.82) is 0 Å². The maximum absolute atomic E-state index is 11.9. The van der Waals surface area contributed by atoms with Gasteiger partial charge >= 0.3 is 6.61 Å². The van der Waals surface area contributed by atoms with E-state index in [9.17, 15) is 13.6 Å². The summed E-state index contributed by atoms with van der Waals surface area (Å²) in [6.45, 7) is -3.05. The van der Waals surface area contributed by atoms with Crippen LogP contribution in [0, 0.1) is 0 Å². The first-order valence-electron chi connectivity index (χ1n) is 3.73. The average molecular weight is 238 g/mol. The van der Waals surface area contributed by atoms with Crippen molar-refractivity contribution < 1.29 is 23.0 Å². The summed E-state index contributed by atoms with van der Waals surface area (Å²) in [5.41, 5.74) is -0.305. The number of methoxy groups -OCH3 is 1. The molecule has 4 nitrogen and oxygen atoms in total. The Hall–Kier alpha value is -1.43. The maximum atomic E-state index is 11.9. The van der Waals surface area contributed by atoms with Crippen LogP contribution in [0.15, 0.2) is 6.07 Å². The maximum Gasteiger partial charge on any atom is 0.387 e. The van der Waals surface area contributed by atoms with Crippen molar-refractivity contribution >= 4 is 17.9 Å². The summed E-state index contributed by atoms with van der Waals surface area (Å²) in [6, 6.07) is 1.07. The summed E-state index contributed by atoms with van der Waals surface area (Å²) in [5, 5.41) is -0.0961. The zero-order valence-electron chi connectivity index (χ0n) is 7.54. The number of rotatable bonds is 4. The van der Waals surface area contributed by atoms with Gasteiger partial charge in [-0.05, 0) is 0 Å². The monoisotopic (exact) mass is 237 g/mol. The number of carbonyl (C=O) groups is 1. The van der Waals surface area contributed by atoms with E-state index in [-0.39, 0.29) is 28.6 Å². The van der Waals surface area contributed by atoms with E-state index in [0.29, 0.717) is 0 Å². The van der Waals surface area contributed by atoms with Gasteiger partial charge in [-0.2, -0.15) is 8.78 Å². The van der Waals surface area contributed by atoms with Crippen LogP contribution in [-0.4, -0.2) is 25.0 Å². The van der Waals surface area contributed by atoms with Crippen LogP contribution in [0.25, 0.3) is 0 Å². The van der Waals surface area contributed by atoms with Crippen LogP contribution in [0.4, 0.5) is 8.78 Å². The van der Waals surface area contributed by atoms with Gasteiger partial charge in [-0.25, -0.2) is 4.98 Å². The normalized spacial score (nSPS) is 10.2. The molecule has 7 heteroatoms. The minimum Gasteiger partial charge on any atom is -0.493 e. The average Bonchev–Trinajstić information content (AvgIpc) is 2.19. The van der Waals surface area contributed by atoms with E-state index >= 15 is 0 Å². The standard InChI is InChI=1S/C8H6ClF2NO3/c1-14-6-2-5(15-8(10)11)4(3-13)12-7(6)9/h2-3,8H,1H3. The Kier molecular flexibility index (Phi) is 3.79. The molecule has 1 aromatic rings. The molecule has 0 radical (unpaired) electrons. The number of alkyl halides is 2. The Bertz CT molecular complexity index is 373. The van der Waals surface area contributed by atoms with Gasteiger partial charge in [0.1, 0.15) is 5.69 Å². The molecule has 0 spiro atoms. The van der Waals surface area contributed by atoms with Gasteiger partial charge in [-0.1, -0.05) is 11.6 Å². The van der Waals surface area contributed by atoms with Gasteiger partial charge in [0.15, 0.2) is 22.9 Å². The van der Waals surface area contributed by atoms with Crippen LogP contribution in [-0.2, 0) is 0 Å². The Morgan fingerprint density at radius 3 is 2.67 bits per heavy atom. The largest absolute Gasteiger partial charge is 0.493 e. The molecule has 0 atom stereocenters. The first-order valence-corrected chi connectivity index (χ1v) is 4.10. The second-order valence-corrected chi connectivity index (χ2v) is 2.72. The molecular formula is C8H6ClF2NO3. The van der Waals surface area contributed by atoms with E-state index in [1.807, 2.05) is 0 Å². The van der Waals surface area contributed by atoms with Gasteiger partial charge in [-0.15, -0.1) is 0 Å². The summed E-state index contributed by atoms with van der Waals surface area (Å²) in [5.74, 6) is -0.320. The van der Waals surface area contributed by atoms with E-state index in [4.69, 9.17) is 16.3 Å². The predicted molar refractivity (Wildman–Crippen MR) is 47.8 cm³/mol. The lowest BCUT2D eigenvalue weighted by molar-refractivity contribution is -0.0504. The molecular weight excluding hydrogens is 232 g/mol. The minimum absolute atomic E-state index is 0.0536. The third-order valence-electron chi connectivity index (χ3n) is 1.48. The van der Waals surface area contributed by atoms with Crippen LogP contribution in [0.1, 0.15) is 10.5 Å². The highest BCUT2D eigenvalue weighted by molar-refractivity contribution is 6.31. The van der Waals surface area contributed by atoms with E-state index in [1.165, 1.54) is 7.11 Å². The number of hydrogen-bond donors (Lipinski definition) is 0. The molecule has 0 aliphatic heterocycles. The quantitative estimate of drug-likeness (QED) is 0.595. The molecule has 0 fully saturated rings. The zero-order chi connectivity index (χ0) is 11.4.